The van der Waals surface area contributed by atoms with Gasteiger partial charge in [-0.3, -0.25) is 9.69 Å². The smallest absolute Gasteiger partial charge is 0.259 e. The van der Waals surface area contributed by atoms with Crippen LogP contribution in [0.5, 0.6) is 5.75 Å². The standard InChI is InChI=1S/C22H28N4O3/c1-17(22(18-7-4-3-5-8-18)26-11-13-29-14-12-26)24-25-21(27)16-23-19-9-6-10-20(15-19)28-2/h3-10,15,22-23H,11-14,16H2,1-2H3,(H,25,27)/b24-17-/t22-/m1/s1. The molecule has 154 valence electrons. The number of hydrazone groups is 1. The lowest BCUT2D eigenvalue weighted by Crippen LogP contribution is -2.42. The number of carbonyl (C=O) groups is 1. The highest BCUT2D eigenvalue weighted by atomic mass is 16.5. The van der Waals surface area contributed by atoms with Crippen molar-refractivity contribution in [1.82, 2.24) is 10.3 Å². The molecule has 0 aliphatic carbocycles. The van der Waals surface area contributed by atoms with E-state index in [4.69, 9.17) is 9.47 Å². The van der Waals surface area contributed by atoms with Gasteiger partial charge in [0.05, 0.1) is 38.6 Å². The highest BCUT2D eigenvalue weighted by Gasteiger charge is 2.25. The number of ether oxygens (including phenoxy) is 2. The Kier molecular flexibility index (Phi) is 7.61. The SMILES string of the molecule is COc1cccc(NCC(=O)N/N=C(/C)[C@H](c2ccccc2)N2CCOCC2)c1. The summed E-state index contributed by atoms with van der Waals surface area (Å²) in [6, 6.07) is 17.7. The molecule has 29 heavy (non-hydrogen) atoms. The van der Waals surface area contributed by atoms with Gasteiger partial charge >= 0.3 is 0 Å². The van der Waals surface area contributed by atoms with E-state index in [-0.39, 0.29) is 18.5 Å². The fourth-order valence-corrected chi connectivity index (χ4v) is 3.35. The maximum atomic E-state index is 12.3. The molecule has 7 heteroatoms. The normalized spacial score (nSPS) is 16.1. The predicted molar refractivity (Wildman–Crippen MR) is 114 cm³/mol. The lowest BCUT2D eigenvalue weighted by molar-refractivity contribution is -0.119. The largest absolute Gasteiger partial charge is 0.497 e. The average Bonchev–Trinajstić information content (AvgIpc) is 2.78. The average molecular weight is 396 g/mol. The number of morpholine rings is 1. The summed E-state index contributed by atoms with van der Waals surface area (Å²) in [4.78, 5) is 14.6. The van der Waals surface area contributed by atoms with Crippen LogP contribution >= 0.6 is 0 Å². The van der Waals surface area contributed by atoms with Crippen LogP contribution in [0.3, 0.4) is 0 Å². The summed E-state index contributed by atoms with van der Waals surface area (Å²) in [5.41, 5.74) is 5.48. The van der Waals surface area contributed by atoms with Crippen molar-refractivity contribution in [3.8, 4) is 5.75 Å². The minimum atomic E-state index is -0.207. The summed E-state index contributed by atoms with van der Waals surface area (Å²) < 4.78 is 10.7. The third kappa shape index (κ3) is 6.04. The zero-order valence-corrected chi connectivity index (χ0v) is 16.9. The monoisotopic (exact) mass is 396 g/mol. The predicted octanol–water partition coefficient (Wildman–Crippen LogP) is 2.67. The summed E-state index contributed by atoms with van der Waals surface area (Å²) in [7, 11) is 1.61. The fourth-order valence-electron chi connectivity index (χ4n) is 3.35. The molecule has 3 rings (SSSR count). The number of hydrogen-bond acceptors (Lipinski definition) is 6. The second-order valence-electron chi connectivity index (χ2n) is 6.84. The minimum absolute atomic E-state index is 0.00624. The van der Waals surface area contributed by atoms with Crippen LogP contribution in [-0.2, 0) is 9.53 Å². The molecule has 0 radical (unpaired) electrons. The van der Waals surface area contributed by atoms with Gasteiger partial charge in [0, 0.05) is 24.8 Å². The van der Waals surface area contributed by atoms with Gasteiger partial charge in [-0.2, -0.15) is 5.10 Å². The summed E-state index contributed by atoms with van der Waals surface area (Å²) in [6.45, 7) is 5.14. The molecule has 1 heterocycles. The van der Waals surface area contributed by atoms with Crippen molar-refractivity contribution in [1.29, 1.82) is 0 Å². The van der Waals surface area contributed by atoms with Crippen molar-refractivity contribution < 1.29 is 14.3 Å². The van der Waals surface area contributed by atoms with Crippen molar-refractivity contribution in [2.45, 2.75) is 13.0 Å². The fraction of sp³-hybridized carbons (Fsp3) is 0.364. The lowest BCUT2D eigenvalue weighted by atomic mass is 10.0. The molecule has 0 bridgehead atoms. The first-order valence-corrected chi connectivity index (χ1v) is 9.75. The Balaban J connectivity index is 1.62. The number of anilines is 1. The van der Waals surface area contributed by atoms with Gasteiger partial charge < -0.3 is 14.8 Å². The Labute approximate surface area is 171 Å². The van der Waals surface area contributed by atoms with Crippen molar-refractivity contribution in [2.75, 3.05) is 45.3 Å². The lowest BCUT2D eigenvalue weighted by Gasteiger charge is -2.34. The van der Waals surface area contributed by atoms with E-state index in [0.717, 1.165) is 35.8 Å². The second-order valence-corrected chi connectivity index (χ2v) is 6.84. The maximum absolute atomic E-state index is 12.3. The molecule has 1 atom stereocenters. The van der Waals surface area contributed by atoms with E-state index in [1.807, 2.05) is 49.4 Å². The Morgan fingerprint density at radius 3 is 2.66 bits per heavy atom. The van der Waals surface area contributed by atoms with Gasteiger partial charge in [-0.1, -0.05) is 36.4 Å². The summed E-state index contributed by atoms with van der Waals surface area (Å²) in [5.74, 6) is 0.529. The molecule has 1 aliphatic rings. The molecule has 2 aromatic carbocycles. The minimum Gasteiger partial charge on any atom is -0.497 e. The van der Waals surface area contributed by atoms with Gasteiger partial charge in [0.15, 0.2) is 0 Å². The van der Waals surface area contributed by atoms with Gasteiger partial charge in [-0.25, -0.2) is 5.43 Å². The number of benzene rings is 2. The van der Waals surface area contributed by atoms with E-state index in [1.54, 1.807) is 7.11 Å². The van der Waals surface area contributed by atoms with E-state index in [2.05, 4.69) is 32.9 Å². The Bertz CT molecular complexity index is 820. The number of amides is 1. The van der Waals surface area contributed by atoms with Crippen molar-refractivity contribution in [3.05, 3.63) is 60.2 Å². The van der Waals surface area contributed by atoms with Crippen molar-refractivity contribution in [3.63, 3.8) is 0 Å². The highest BCUT2D eigenvalue weighted by Crippen LogP contribution is 2.23. The first-order chi connectivity index (χ1) is 14.2. The molecule has 2 aromatic rings. The molecule has 0 saturated carbocycles. The van der Waals surface area contributed by atoms with E-state index in [9.17, 15) is 4.79 Å². The highest BCUT2D eigenvalue weighted by molar-refractivity contribution is 5.90. The molecule has 0 spiro atoms. The van der Waals surface area contributed by atoms with E-state index >= 15 is 0 Å². The van der Waals surface area contributed by atoms with Crippen molar-refractivity contribution in [2.24, 2.45) is 5.10 Å². The van der Waals surface area contributed by atoms with E-state index in [0.29, 0.717) is 13.2 Å². The molecule has 0 aromatic heterocycles. The van der Waals surface area contributed by atoms with Crippen LogP contribution in [0.25, 0.3) is 0 Å². The third-order valence-corrected chi connectivity index (χ3v) is 4.80. The number of methoxy groups -OCH3 is 1. The van der Waals surface area contributed by atoms with Crippen LogP contribution in [0, 0.1) is 0 Å². The van der Waals surface area contributed by atoms with Gasteiger partial charge in [-0.15, -0.1) is 0 Å². The number of rotatable bonds is 8. The van der Waals surface area contributed by atoms with Crippen LogP contribution in [0.2, 0.25) is 0 Å². The molecule has 1 saturated heterocycles. The van der Waals surface area contributed by atoms with Crippen LogP contribution in [-0.4, -0.2) is 56.5 Å². The third-order valence-electron chi connectivity index (χ3n) is 4.80. The zero-order valence-electron chi connectivity index (χ0n) is 16.9. The van der Waals surface area contributed by atoms with Gasteiger partial charge in [0.2, 0.25) is 0 Å². The zero-order chi connectivity index (χ0) is 20.5. The molecular formula is C22H28N4O3. The molecule has 7 nitrogen and oxygen atoms in total. The first-order valence-electron chi connectivity index (χ1n) is 9.75. The summed E-state index contributed by atoms with van der Waals surface area (Å²) in [6.07, 6.45) is 0. The number of nitrogens with one attached hydrogen (secondary N) is 2. The van der Waals surface area contributed by atoms with Gasteiger partial charge in [0.25, 0.3) is 5.91 Å². The molecule has 1 aliphatic heterocycles. The summed E-state index contributed by atoms with van der Waals surface area (Å²) in [5, 5.41) is 7.47. The molecule has 0 unspecified atom stereocenters. The summed E-state index contributed by atoms with van der Waals surface area (Å²) >= 11 is 0. The number of carbonyl (C=O) groups excluding carboxylic acids is 1. The first kappa shape index (κ1) is 20.8. The Hall–Kier alpha value is -2.90. The topological polar surface area (TPSA) is 75.2 Å². The van der Waals surface area contributed by atoms with E-state index < -0.39 is 0 Å². The maximum Gasteiger partial charge on any atom is 0.259 e. The van der Waals surface area contributed by atoms with Gasteiger partial charge in [-0.05, 0) is 24.6 Å². The number of hydrogen-bond donors (Lipinski definition) is 2. The Morgan fingerprint density at radius 2 is 1.93 bits per heavy atom. The molecule has 1 fully saturated rings. The van der Waals surface area contributed by atoms with Crippen LogP contribution in [0.15, 0.2) is 59.7 Å². The molecule has 1 amide bonds. The van der Waals surface area contributed by atoms with E-state index in [1.165, 1.54) is 0 Å². The van der Waals surface area contributed by atoms with Crippen LogP contribution in [0.4, 0.5) is 5.69 Å². The van der Waals surface area contributed by atoms with Crippen molar-refractivity contribution >= 4 is 17.3 Å². The second kappa shape index (κ2) is 10.6. The van der Waals surface area contributed by atoms with Gasteiger partial charge in [0.1, 0.15) is 5.75 Å². The Morgan fingerprint density at radius 1 is 1.17 bits per heavy atom. The number of nitrogens with zero attached hydrogens (tertiary/aromatic N) is 2. The van der Waals surface area contributed by atoms with Crippen LogP contribution in [0.1, 0.15) is 18.5 Å². The molecular weight excluding hydrogens is 368 g/mol. The quantitative estimate of drug-likeness (QED) is 0.530. The molecule has 2 N–H and O–H groups in total. The van der Waals surface area contributed by atoms with Crippen LogP contribution < -0.4 is 15.5 Å².